The van der Waals surface area contributed by atoms with Gasteiger partial charge in [0.15, 0.2) is 5.13 Å². The zero-order valence-electron chi connectivity index (χ0n) is 13.2. The zero-order chi connectivity index (χ0) is 16.4. The van der Waals surface area contributed by atoms with E-state index < -0.39 is 0 Å². The number of rotatable bonds is 5. The van der Waals surface area contributed by atoms with Gasteiger partial charge in [0.25, 0.3) is 0 Å². The minimum absolute atomic E-state index is 0.503. The molecule has 2 heterocycles. The molecule has 1 fully saturated rings. The van der Waals surface area contributed by atoms with Gasteiger partial charge in [0, 0.05) is 24.6 Å². The van der Waals surface area contributed by atoms with Crippen molar-refractivity contribution in [2.75, 3.05) is 24.6 Å². The van der Waals surface area contributed by atoms with E-state index in [-0.39, 0.29) is 0 Å². The number of nitrogens with zero attached hydrogens (tertiary/aromatic N) is 2. The predicted octanol–water partition coefficient (Wildman–Crippen LogP) is 4.01. The Kier molecular flexibility index (Phi) is 4.17. The van der Waals surface area contributed by atoms with Crippen LogP contribution in [0.15, 0.2) is 48.5 Å². The number of anilines is 1. The van der Waals surface area contributed by atoms with Crippen LogP contribution in [0.25, 0.3) is 10.2 Å². The Labute approximate surface area is 144 Å². The highest BCUT2D eigenvalue weighted by atomic mass is 32.1. The molecular weight excluding hydrogens is 320 g/mol. The van der Waals surface area contributed by atoms with Gasteiger partial charge in [0.05, 0.1) is 16.8 Å². The number of ether oxygens (including phenoxy) is 1. The first-order valence-corrected chi connectivity index (χ1v) is 8.92. The predicted molar refractivity (Wildman–Crippen MR) is 97.3 cm³/mol. The summed E-state index contributed by atoms with van der Waals surface area (Å²) in [7, 11) is 0. The summed E-state index contributed by atoms with van der Waals surface area (Å²) in [5, 5.41) is 1.11. The van der Waals surface area contributed by atoms with Gasteiger partial charge in [-0.05, 0) is 42.8 Å². The van der Waals surface area contributed by atoms with Crippen molar-refractivity contribution in [3.63, 3.8) is 0 Å². The molecule has 1 aliphatic rings. The molecule has 1 atom stereocenters. The Morgan fingerprint density at radius 2 is 2.04 bits per heavy atom. The van der Waals surface area contributed by atoms with E-state index in [4.69, 9.17) is 9.72 Å². The van der Waals surface area contributed by atoms with Crippen molar-refractivity contribution < 1.29 is 9.53 Å². The lowest BCUT2D eigenvalue weighted by molar-refractivity contribution is 0.112. The molecule has 2 aromatic carbocycles. The molecule has 0 radical (unpaired) electrons. The molecule has 0 spiro atoms. The summed E-state index contributed by atoms with van der Waals surface area (Å²) < 4.78 is 7.11. The number of benzene rings is 2. The van der Waals surface area contributed by atoms with Crippen molar-refractivity contribution in [1.29, 1.82) is 0 Å². The van der Waals surface area contributed by atoms with E-state index >= 15 is 0 Å². The fourth-order valence-corrected chi connectivity index (χ4v) is 3.99. The second kappa shape index (κ2) is 6.61. The van der Waals surface area contributed by atoms with E-state index in [1.54, 1.807) is 23.5 Å². The highest BCUT2D eigenvalue weighted by Gasteiger charge is 2.25. The van der Waals surface area contributed by atoms with E-state index in [9.17, 15) is 4.79 Å². The lowest BCUT2D eigenvalue weighted by Gasteiger charge is -2.15. The van der Waals surface area contributed by atoms with E-state index in [2.05, 4.69) is 23.1 Å². The van der Waals surface area contributed by atoms with Crippen LogP contribution < -0.4 is 9.64 Å². The van der Waals surface area contributed by atoms with Crippen LogP contribution in [0, 0.1) is 5.92 Å². The molecule has 0 N–H and O–H groups in total. The van der Waals surface area contributed by atoms with Gasteiger partial charge >= 0.3 is 0 Å². The molecule has 1 saturated heterocycles. The van der Waals surface area contributed by atoms with Crippen LogP contribution in [0.4, 0.5) is 5.13 Å². The standard InChI is InChI=1S/C19H18N2O2S/c22-12-14-5-7-16(8-6-14)23-13-15-9-10-21(11-15)19-20-17-3-1-2-4-18(17)24-19/h1-8,12,15H,9-11,13H2. The number of carbonyl (C=O) groups excluding carboxylic acids is 1. The highest BCUT2D eigenvalue weighted by Crippen LogP contribution is 2.32. The number of carbonyl (C=O) groups is 1. The van der Waals surface area contributed by atoms with E-state index in [0.29, 0.717) is 18.1 Å². The van der Waals surface area contributed by atoms with Crippen LogP contribution >= 0.6 is 11.3 Å². The van der Waals surface area contributed by atoms with Crippen LogP contribution in [-0.4, -0.2) is 31.0 Å². The van der Waals surface area contributed by atoms with Gasteiger partial charge in [0.1, 0.15) is 12.0 Å². The van der Waals surface area contributed by atoms with Gasteiger partial charge < -0.3 is 9.64 Å². The molecule has 3 aromatic rings. The molecule has 0 saturated carbocycles. The first-order chi connectivity index (χ1) is 11.8. The fraction of sp³-hybridized carbons (Fsp3) is 0.263. The molecule has 0 aliphatic carbocycles. The van der Waals surface area contributed by atoms with Crippen LogP contribution in [0.3, 0.4) is 0 Å². The molecule has 5 heteroatoms. The van der Waals surface area contributed by atoms with Gasteiger partial charge in [-0.25, -0.2) is 4.98 Å². The second-order valence-corrected chi connectivity index (χ2v) is 7.07. The van der Waals surface area contributed by atoms with Crippen molar-refractivity contribution in [2.45, 2.75) is 6.42 Å². The summed E-state index contributed by atoms with van der Waals surface area (Å²) in [4.78, 5) is 17.8. The second-order valence-electron chi connectivity index (χ2n) is 6.06. The summed E-state index contributed by atoms with van der Waals surface area (Å²) in [5.74, 6) is 1.32. The lowest BCUT2D eigenvalue weighted by Crippen LogP contribution is -2.21. The van der Waals surface area contributed by atoms with Crippen molar-refractivity contribution in [3.8, 4) is 5.75 Å². The smallest absolute Gasteiger partial charge is 0.186 e. The van der Waals surface area contributed by atoms with E-state index in [1.807, 2.05) is 18.2 Å². The third kappa shape index (κ3) is 3.12. The number of para-hydroxylation sites is 1. The summed E-state index contributed by atoms with van der Waals surface area (Å²) in [6, 6.07) is 15.5. The monoisotopic (exact) mass is 338 g/mol. The van der Waals surface area contributed by atoms with Gasteiger partial charge in [-0.3, -0.25) is 4.79 Å². The Morgan fingerprint density at radius 1 is 1.21 bits per heavy atom. The van der Waals surface area contributed by atoms with Crippen LogP contribution in [0.2, 0.25) is 0 Å². The molecular formula is C19H18N2O2S. The molecule has 4 rings (SSSR count). The summed E-state index contributed by atoms with van der Waals surface area (Å²) in [5.41, 5.74) is 1.75. The first kappa shape index (κ1) is 15.1. The first-order valence-electron chi connectivity index (χ1n) is 8.10. The zero-order valence-corrected chi connectivity index (χ0v) is 14.0. The molecule has 0 bridgehead atoms. The largest absolute Gasteiger partial charge is 0.493 e. The van der Waals surface area contributed by atoms with Crippen molar-refractivity contribution in [1.82, 2.24) is 4.98 Å². The quantitative estimate of drug-likeness (QED) is 0.659. The van der Waals surface area contributed by atoms with Gasteiger partial charge in [-0.1, -0.05) is 23.5 Å². The number of hydrogen-bond donors (Lipinski definition) is 0. The van der Waals surface area contributed by atoms with Crippen molar-refractivity contribution in [3.05, 3.63) is 54.1 Å². The van der Waals surface area contributed by atoms with Gasteiger partial charge in [0.2, 0.25) is 0 Å². The highest BCUT2D eigenvalue weighted by molar-refractivity contribution is 7.22. The van der Waals surface area contributed by atoms with Crippen LogP contribution in [-0.2, 0) is 0 Å². The van der Waals surface area contributed by atoms with Gasteiger partial charge in [-0.2, -0.15) is 0 Å². The minimum Gasteiger partial charge on any atom is -0.493 e. The van der Waals surface area contributed by atoms with Crippen LogP contribution in [0.1, 0.15) is 16.8 Å². The number of thiazole rings is 1. The van der Waals surface area contributed by atoms with Crippen molar-refractivity contribution in [2.24, 2.45) is 5.92 Å². The summed E-state index contributed by atoms with van der Waals surface area (Å²) in [6.07, 6.45) is 1.96. The summed E-state index contributed by atoms with van der Waals surface area (Å²) in [6.45, 7) is 2.70. The van der Waals surface area contributed by atoms with E-state index in [1.165, 1.54) is 4.70 Å². The molecule has 24 heavy (non-hydrogen) atoms. The molecule has 1 unspecified atom stereocenters. The lowest BCUT2D eigenvalue weighted by atomic mass is 10.1. The Hall–Kier alpha value is -2.40. The number of hydrogen-bond acceptors (Lipinski definition) is 5. The number of fused-ring (bicyclic) bond motifs is 1. The third-order valence-corrected chi connectivity index (χ3v) is 5.44. The average Bonchev–Trinajstić information content (AvgIpc) is 3.27. The van der Waals surface area contributed by atoms with Crippen molar-refractivity contribution >= 4 is 33.0 Å². The minimum atomic E-state index is 0.503. The topological polar surface area (TPSA) is 42.4 Å². The fourth-order valence-electron chi connectivity index (χ4n) is 2.99. The number of aromatic nitrogens is 1. The SMILES string of the molecule is O=Cc1ccc(OCC2CCN(c3nc4ccccc4s3)C2)cc1. The normalized spacial score (nSPS) is 17.3. The molecule has 122 valence electrons. The van der Waals surface area contributed by atoms with Gasteiger partial charge in [-0.15, -0.1) is 0 Å². The summed E-state index contributed by atoms with van der Waals surface area (Å²) >= 11 is 1.76. The maximum absolute atomic E-state index is 10.7. The Bertz CT molecular complexity index is 811. The molecule has 4 nitrogen and oxygen atoms in total. The molecule has 1 aliphatic heterocycles. The molecule has 0 amide bonds. The average molecular weight is 338 g/mol. The Balaban J connectivity index is 1.36. The maximum Gasteiger partial charge on any atom is 0.186 e. The third-order valence-electron chi connectivity index (χ3n) is 4.34. The van der Waals surface area contributed by atoms with E-state index in [0.717, 1.165) is 42.2 Å². The number of aldehydes is 1. The molecule has 1 aromatic heterocycles. The van der Waals surface area contributed by atoms with Crippen LogP contribution in [0.5, 0.6) is 5.75 Å². The maximum atomic E-state index is 10.7. The Morgan fingerprint density at radius 3 is 2.83 bits per heavy atom.